The fraction of sp³-hybridized carbons (Fsp3) is 0.0667. The van der Waals surface area contributed by atoms with Gasteiger partial charge in [0, 0.05) is 16.3 Å². The van der Waals surface area contributed by atoms with Crippen molar-refractivity contribution in [3.63, 3.8) is 0 Å². The van der Waals surface area contributed by atoms with Crippen LogP contribution in [0.4, 0.5) is 5.82 Å². The second-order valence-corrected chi connectivity index (χ2v) is 4.47. The van der Waals surface area contributed by atoms with Gasteiger partial charge in [-0.3, -0.25) is 0 Å². The molecule has 3 rings (SSSR count). The van der Waals surface area contributed by atoms with Crippen LogP contribution in [-0.4, -0.2) is 20.4 Å². The molecule has 0 fully saturated rings. The number of rotatable bonds is 3. The summed E-state index contributed by atoms with van der Waals surface area (Å²) in [5.41, 5.74) is 0.493. The normalized spacial score (nSPS) is 11.2. The summed E-state index contributed by atoms with van der Waals surface area (Å²) >= 11 is 0. The Bertz CT molecular complexity index is 812. The minimum atomic E-state index is 0.0655. The van der Waals surface area contributed by atoms with Crippen LogP contribution in [0.2, 0.25) is 0 Å². The van der Waals surface area contributed by atoms with E-state index in [0.717, 1.165) is 10.8 Å². The Morgan fingerprint density at radius 1 is 1.05 bits per heavy atom. The third-order valence-electron chi connectivity index (χ3n) is 3.02. The first kappa shape index (κ1) is 13.0. The zero-order chi connectivity index (χ0) is 14.7. The van der Waals surface area contributed by atoms with Crippen molar-refractivity contribution in [2.45, 2.75) is 6.54 Å². The molecule has 0 aliphatic heterocycles. The van der Waals surface area contributed by atoms with Crippen LogP contribution in [0.25, 0.3) is 10.8 Å². The first-order valence-electron chi connectivity index (χ1n) is 6.33. The average molecular weight is 280 g/mol. The van der Waals surface area contributed by atoms with Gasteiger partial charge in [-0.05, 0) is 18.2 Å². The van der Waals surface area contributed by atoms with Crippen LogP contribution in [0, 0.1) is 0 Å². The number of azo groups is 1. The van der Waals surface area contributed by atoms with Crippen molar-refractivity contribution < 1.29 is 10.2 Å². The quantitative estimate of drug-likeness (QED) is 0.568. The highest BCUT2D eigenvalue weighted by molar-refractivity contribution is 5.89. The van der Waals surface area contributed by atoms with Gasteiger partial charge in [0.1, 0.15) is 11.5 Å². The summed E-state index contributed by atoms with van der Waals surface area (Å²) in [5, 5.41) is 36.7. The molecule has 104 valence electrons. The minimum absolute atomic E-state index is 0.0655. The molecule has 0 saturated heterocycles. The Hall–Kier alpha value is -3.02. The lowest BCUT2D eigenvalue weighted by Gasteiger charge is -2.01. The van der Waals surface area contributed by atoms with E-state index in [-0.39, 0.29) is 18.0 Å². The van der Waals surface area contributed by atoms with Crippen molar-refractivity contribution in [1.29, 1.82) is 0 Å². The van der Waals surface area contributed by atoms with Crippen molar-refractivity contribution in [2.24, 2.45) is 10.2 Å². The maximum atomic E-state index is 9.66. The predicted molar refractivity (Wildman–Crippen MR) is 77.5 cm³/mol. The van der Waals surface area contributed by atoms with Gasteiger partial charge in [0.2, 0.25) is 5.82 Å². The molecule has 0 spiro atoms. The fourth-order valence-electron chi connectivity index (χ4n) is 1.96. The van der Waals surface area contributed by atoms with Crippen molar-refractivity contribution in [2.75, 3.05) is 0 Å². The summed E-state index contributed by atoms with van der Waals surface area (Å²) in [4.78, 5) is 0. The van der Waals surface area contributed by atoms with Crippen LogP contribution in [0.5, 0.6) is 11.5 Å². The lowest BCUT2D eigenvalue weighted by Crippen LogP contribution is -1.84. The zero-order valence-corrected chi connectivity index (χ0v) is 11.0. The van der Waals surface area contributed by atoms with Crippen molar-refractivity contribution in [3.8, 4) is 11.5 Å². The largest absolute Gasteiger partial charge is 0.508 e. The Labute approximate surface area is 120 Å². The molecule has 0 atom stereocenters. The summed E-state index contributed by atoms with van der Waals surface area (Å²) < 4.78 is 0. The number of nitrogens with zero attached hydrogens (tertiary/aromatic N) is 4. The minimum Gasteiger partial charge on any atom is -0.508 e. The summed E-state index contributed by atoms with van der Waals surface area (Å²) in [5.74, 6) is 0.562. The van der Waals surface area contributed by atoms with Crippen LogP contribution >= 0.6 is 0 Å². The zero-order valence-electron chi connectivity index (χ0n) is 11.0. The van der Waals surface area contributed by atoms with Crippen LogP contribution in [0.3, 0.4) is 0 Å². The number of aromatic nitrogens is 2. The Balaban J connectivity index is 1.87. The monoisotopic (exact) mass is 280 g/mol. The van der Waals surface area contributed by atoms with Crippen molar-refractivity contribution in [3.05, 3.63) is 54.2 Å². The first-order valence-corrected chi connectivity index (χ1v) is 6.33. The average Bonchev–Trinajstić information content (AvgIpc) is 2.51. The van der Waals surface area contributed by atoms with Gasteiger partial charge in [-0.1, -0.05) is 24.3 Å². The van der Waals surface area contributed by atoms with E-state index in [1.165, 1.54) is 18.2 Å². The van der Waals surface area contributed by atoms with E-state index in [9.17, 15) is 10.2 Å². The molecule has 0 radical (unpaired) electrons. The molecule has 6 nitrogen and oxygen atoms in total. The summed E-state index contributed by atoms with van der Waals surface area (Å²) in [6.07, 6.45) is 1.66. The number of aromatic hydroxyl groups is 2. The first-order chi connectivity index (χ1) is 10.2. The van der Waals surface area contributed by atoms with E-state index < -0.39 is 0 Å². The SMILES string of the molecule is Oc1ccc(O)c(CN=Nc2nncc3ccccc23)c1. The third kappa shape index (κ3) is 2.79. The van der Waals surface area contributed by atoms with Gasteiger partial charge in [-0.2, -0.15) is 10.2 Å². The molecule has 2 aromatic carbocycles. The summed E-state index contributed by atoms with van der Waals surface area (Å²) in [6, 6.07) is 11.9. The number of benzene rings is 2. The van der Waals surface area contributed by atoms with E-state index in [1.807, 2.05) is 24.3 Å². The van der Waals surface area contributed by atoms with Crippen LogP contribution < -0.4 is 0 Å². The number of phenolic OH excluding ortho intramolecular Hbond substituents is 2. The Morgan fingerprint density at radius 2 is 1.90 bits per heavy atom. The van der Waals surface area contributed by atoms with Gasteiger partial charge in [0.15, 0.2) is 0 Å². The summed E-state index contributed by atoms with van der Waals surface area (Å²) in [6.45, 7) is 0.144. The highest BCUT2D eigenvalue weighted by atomic mass is 16.3. The molecular formula is C15H12N4O2. The fourth-order valence-corrected chi connectivity index (χ4v) is 1.96. The molecule has 0 aliphatic carbocycles. The van der Waals surface area contributed by atoms with Gasteiger partial charge < -0.3 is 10.2 Å². The third-order valence-corrected chi connectivity index (χ3v) is 3.02. The van der Waals surface area contributed by atoms with E-state index in [1.54, 1.807) is 6.20 Å². The standard InChI is InChI=1S/C15H12N4O2/c20-12-5-6-14(21)11(7-12)9-17-19-15-13-4-2-1-3-10(13)8-16-18-15/h1-8,20-21H,9H2. The molecule has 0 bridgehead atoms. The van der Waals surface area contributed by atoms with E-state index in [0.29, 0.717) is 11.4 Å². The molecule has 0 aliphatic rings. The van der Waals surface area contributed by atoms with Crippen LogP contribution in [0.1, 0.15) is 5.56 Å². The topological polar surface area (TPSA) is 91.0 Å². The molecule has 6 heteroatoms. The molecule has 1 aromatic heterocycles. The number of fused-ring (bicyclic) bond motifs is 1. The van der Waals surface area contributed by atoms with Crippen molar-refractivity contribution >= 4 is 16.6 Å². The van der Waals surface area contributed by atoms with Gasteiger partial charge in [0.05, 0.1) is 12.7 Å². The molecular weight excluding hydrogens is 268 g/mol. The maximum absolute atomic E-state index is 9.66. The van der Waals surface area contributed by atoms with Gasteiger partial charge in [-0.15, -0.1) is 10.2 Å². The van der Waals surface area contributed by atoms with Crippen molar-refractivity contribution in [1.82, 2.24) is 10.2 Å². The summed E-state index contributed by atoms with van der Waals surface area (Å²) in [7, 11) is 0. The smallest absolute Gasteiger partial charge is 0.203 e. The second-order valence-electron chi connectivity index (χ2n) is 4.47. The van der Waals surface area contributed by atoms with Gasteiger partial charge in [0.25, 0.3) is 0 Å². The Morgan fingerprint density at radius 3 is 2.81 bits per heavy atom. The molecule has 21 heavy (non-hydrogen) atoms. The highest BCUT2D eigenvalue weighted by Crippen LogP contribution is 2.25. The van der Waals surface area contributed by atoms with Crippen LogP contribution in [-0.2, 0) is 6.54 Å². The van der Waals surface area contributed by atoms with Gasteiger partial charge >= 0.3 is 0 Å². The maximum Gasteiger partial charge on any atom is 0.203 e. The molecule has 1 heterocycles. The van der Waals surface area contributed by atoms with E-state index in [2.05, 4.69) is 20.4 Å². The highest BCUT2D eigenvalue weighted by Gasteiger charge is 2.03. The Kier molecular flexibility index (Phi) is 3.42. The van der Waals surface area contributed by atoms with Gasteiger partial charge in [-0.25, -0.2) is 0 Å². The molecule has 0 amide bonds. The molecule has 3 aromatic rings. The number of hydrogen-bond acceptors (Lipinski definition) is 6. The number of hydrogen-bond donors (Lipinski definition) is 2. The lowest BCUT2D eigenvalue weighted by atomic mass is 10.2. The molecule has 2 N–H and O–H groups in total. The van der Waals surface area contributed by atoms with E-state index >= 15 is 0 Å². The molecule has 0 unspecified atom stereocenters. The van der Waals surface area contributed by atoms with E-state index in [4.69, 9.17) is 0 Å². The predicted octanol–water partition coefficient (Wildman–Crippen LogP) is 3.32. The van der Waals surface area contributed by atoms with Crippen LogP contribution in [0.15, 0.2) is 58.9 Å². The second kappa shape index (κ2) is 5.54. The lowest BCUT2D eigenvalue weighted by molar-refractivity contribution is 0.454. The molecule has 0 saturated carbocycles. The number of phenols is 2.